The number of carbonyl (C=O) groups is 1. The maximum atomic E-state index is 13.4. The van der Waals surface area contributed by atoms with Gasteiger partial charge in [-0.1, -0.05) is 39.0 Å². The van der Waals surface area contributed by atoms with Gasteiger partial charge in [0.25, 0.3) is 0 Å². The zero-order chi connectivity index (χ0) is 26.8. The van der Waals surface area contributed by atoms with Crippen LogP contribution in [0.15, 0.2) is 35.0 Å². The Morgan fingerprint density at radius 1 is 1.00 bits per heavy atom. The van der Waals surface area contributed by atoms with Gasteiger partial charge in [0.1, 0.15) is 5.78 Å². The zero-order valence-corrected chi connectivity index (χ0v) is 24.4. The summed E-state index contributed by atoms with van der Waals surface area (Å²) >= 11 is 1.74. The molecule has 1 aromatic carbocycles. The minimum atomic E-state index is -0.821. The Labute approximate surface area is 236 Å². The fraction of sp³-hybridized carbons (Fsp3) is 0.676. The van der Waals surface area contributed by atoms with E-state index < -0.39 is 11.4 Å². The fourth-order valence-electron chi connectivity index (χ4n) is 10.7. The highest BCUT2D eigenvalue weighted by Gasteiger charge is 2.72. The van der Waals surface area contributed by atoms with E-state index in [4.69, 9.17) is 9.47 Å². The topological polar surface area (TPSA) is 55.8 Å². The number of ketones is 1. The molecule has 5 aliphatic carbocycles. The molecule has 8 rings (SSSR count). The fourth-order valence-corrected chi connectivity index (χ4v) is 11.3. The van der Waals surface area contributed by atoms with Crippen molar-refractivity contribution in [1.29, 1.82) is 0 Å². The molecule has 1 saturated heterocycles. The van der Waals surface area contributed by atoms with Crippen molar-refractivity contribution in [3.8, 4) is 11.1 Å². The predicted octanol–water partition coefficient (Wildman–Crippen LogP) is 7.14. The second-order valence-electron chi connectivity index (χ2n) is 15.1. The molecule has 208 valence electrons. The van der Waals surface area contributed by atoms with Crippen LogP contribution in [-0.4, -0.2) is 35.5 Å². The Morgan fingerprint density at radius 3 is 2.59 bits per heavy atom. The number of carbonyl (C=O) groups excluding carboxylic acids is 1. The number of benzene rings is 1. The van der Waals surface area contributed by atoms with E-state index in [2.05, 4.69) is 55.8 Å². The number of rotatable bonds is 1. The molecule has 1 N–H and O–H groups in total. The first kappa shape index (κ1) is 25.2. The summed E-state index contributed by atoms with van der Waals surface area (Å²) in [5, 5.41) is 17.3. The summed E-state index contributed by atoms with van der Waals surface area (Å²) in [5.74, 6) is 1.52. The minimum absolute atomic E-state index is 0.0103. The van der Waals surface area contributed by atoms with Crippen molar-refractivity contribution < 1.29 is 19.4 Å². The van der Waals surface area contributed by atoms with E-state index in [1.165, 1.54) is 22.3 Å². The maximum Gasteiger partial charge on any atom is 0.171 e. The number of thiophene rings is 1. The molecule has 4 saturated carbocycles. The molecule has 6 aliphatic rings. The molecule has 0 bridgehead atoms. The summed E-state index contributed by atoms with van der Waals surface area (Å²) < 4.78 is 13.0. The van der Waals surface area contributed by atoms with Crippen molar-refractivity contribution in [3.63, 3.8) is 0 Å². The molecule has 5 heteroatoms. The number of aliphatic hydroxyl groups is 1. The summed E-state index contributed by atoms with van der Waals surface area (Å²) in [4.78, 5) is 13.4. The van der Waals surface area contributed by atoms with Crippen LogP contribution in [0.3, 0.4) is 0 Å². The molecule has 2 spiro atoms. The van der Waals surface area contributed by atoms with Gasteiger partial charge in [-0.05, 0) is 101 Å². The number of hydrogen-bond donors (Lipinski definition) is 1. The Balaban J connectivity index is 1.25. The molecular formula is C34H42O4S. The van der Waals surface area contributed by atoms with Gasteiger partial charge in [-0.15, -0.1) is 0 Å². The zero-order valence-electron chi connectivity index (χ0n) is 23.6. The van der Waals surface area contributed by atoms with Gasteiger partial charge in [-0.25, -0.2) is 0 Å². The molecule has 0 amide bonds. The molecule has 1 aromatic heterocycles. The van der Waals surface area contributed by atoms with Crippen molar-refractivity contribution in [2.45, 2.75) is 95.9 Å². The van der Waals surface area contributed by atoms with Crippen molar-refractivity contribution >= 4 is 17.1 Å². The van der Waals surface area contributed by atoms with Crippen LogP contribution >= 0.6 is 11.3 Å². The lowest BCUT2D eigenvalue weighted by Crippen LogP contribution is -2.70. The molecule has 5 fully saturated rings. The Hall–Kier alpha value is -1.53. The standard InChI is InChI=1S/C34H42O4S/c1-30(2)19-37-34(38-20-30)12-11-32-15-23-14-21(22-9-13-39-17-22)4-5-24(23)26-16-31(3)27(6-7-28(31)35)25(29(26)32)8-10-33(32,36)18-34/h4-5,9,13-14,17,25-27,29,36H,6-8,10-12,15-16,18-20H2,1-3H3/t25-,26?,27-,29?,31-,32-,33+/m0/s1. The minimum Gasteiger partial charge on any atom is -0.389 e. The van der Waals surface area contributed by atoms with E-state index in [0.717, 1.165) is 51.4 Å². The van der Waals surface area contributed by atoms with Gasteiger partial charge < -0.3 is 14.6 Å². The summed E-state index contributed by atoms with van der Waals surface area (Å²) in [6, 6.07) is 9.30. The summed E-state index contributed by atoms with van der Waals surface area (Å²) in [6.45, 7) is 8.03. The Bertz CT molecular complexity index is 1320. The van der Waals surface area contributed by atoms with E-state index in [1.807, 2.05) is 0 Å². The van der Waals surface area contributed by atoms with E-state index in [1.54, 1.807) is 11.3 Å². The number of hydrogen-bond acceptors (Lipinski definition) is 5. The predicted molar refractivity (Wildman–Crippen MR) is 153 cm³/mol. The van der Waals surface area contributed by atoms with Crippen LogP contribution in [-0.2, 0) is 20.7 Å². The third-order valence-electron chi connectivity index (χ3n) is 12.5. The van der Waals surface area contributed by atoms with Crippen molar-refractivity contribution in [2.75, 3.05) is 13.2 Å². The summed E-state index contributed by atoms with van der Waals surface area (Å²) in [5.41, 5.74) is 4.16. The Morgan fingerprint density at radius 2 is 1.82 bits per heavy atom. The maximum absolute atomic E-state index is 13.4. The van der Waals surface area contributed by atoms with Crippen LogP contribution in [0, 0.1) is 34.0 Å². The molecule has 2 heterocycles. The lowest BCUT2D eigenvalue weighted by atomic mass is 9.37. The first-order chi connectivity index (χ1) is 18.6. The molecule has 2 unspecified atom stereocenters. The first-order valence-electron chi connectivity index (χ1n) is 15.3. The van der Waals surface area contributed by atoms with Gasteiger partial charge in [0.15, 0.2) is 5.79 Å². The number of fused-ring (bicyclic) bond motifs is 4. The monoisotopic (exact) mass is 546 g/mol. The average Bonchev–Trinajstić information content (AvgIpc) is 3.55. The molecule has 4 nitrogen and oxygen atoms in total. The second-order valence-corrected chi connectivity index (χ2v) is 15.9. The molecule has 7 atom stereocenters. The normalized spacial score (nSPS) is 43.3. The van der Waals surface area contributed by atoms with Crippen LogP contribution < -0.4 is 0 Å². The van der Waals surface area contributed by atoms with Crippen molar-refractivity contribution in [3.05, 3.63) is 46.2 Å². The largest absolute Gasteiger partial charge is 0.389 e. The van der Waals surface area contributed by atoms with Crippen LogP contribution in [0.1, 0.15) is 89.2 Å². The smallest absolute Gasteiger partial charge is 0.171 e. The van der Waals surface area contributed by atoms with Gasteiger partial charge in [0, 0.05) is 35.5 Å². The third kappa shape index (κ3) is 3.37. The Kier molecular flexibility index (Phi) is 5.21. The van der Waals surface area contributed by atoms with E-state index >= 15 is 0 Å². The highest BCUT2D eigenvalue weighted by atomic mass is 32.1. The van der Waals surface area contributed by atoms with Crippen LogP contribution in [0.5, 0.6) is 0 Å². The lowest BCUT2D eigenvalue weighted by molar-refractivity contribution is -0.357. The van der Waals surface area contributed by atoms with Crippen molar-refractivity contribution in [2.24, 2.45) is 34.0 Å². The van der Waals surface area contributed by atoms with Gasteiger partial charge in [0.2, 0.25) is 0 Å². The summed E-state index contributed by atoms with van der Waals surface area (Å²) in [6.07, 6.45) is 7.79. The third-order valence-corrected chi connectivity index (χ3v) is 13.2. The quantitative estimate of drug-likeness (QED) is 0.413. The first-order valence-corrected chi connectivity index (χ1v) is 16.2. The highest BCUT2D eigenvalue weighted by Crippen LogP contribution is 2.73. The van der Waals surface area contributed by atoms with Gasteiger partial charge in [-0.3, -0.25) is 4.79 Å². The average molecular weight is 547 g/mol. The molecule has 2 aromatic rings. The number of Topliss-reactive ketones (excluding diaryl/α,β-unsaturated/α-hetero) is 1. The molecule has 1 aliphatic heterocycles. The lowest BCUT2D eigenvalue weighted by Gasteiger charge is -2.69. The molecular weight excluding hydrogens is 504 g/mol. The SMILES string of the molecule is CC1(C)COC2(CC[C@@]34Cc5cc(-c6ccsc6)ccc5C5C[C@]6(C)C(=O)CC[C@H]6[C@H](CC[C@@]3(O)C2)C54)OC1. The van der Waals surface area contributed by atoms with E-state index in [9.17, 15) is 9.90 Å². The summed E-state index contributed by atoms with van der Waals surface area (Å²) in [7, 11) is 0. The second kappa shape index (κ2) is 8.06. The number of ether oxygens (including phenoxy) is 2. The van der Waals surface area contributed by atoms with Crippen LogP contribution in [0.2, 0.25) is 0 Å². The van der Waals surface area contributed by atoms with E-state index in [-0.39, 0.29) is 16.2 Å². The van der Waals surface area contributed by atoms with Gasteiger partial charge in [-0.2, -0.15) is 11.3 Å². The van der Waals surface area contributed by atoms with E-state index in [0.29, 0.717) is 49.1 Å². The van der Waals surface area contributed by atoms with Gasteiger partial charge in [0.05, 0.1) is 18.8 Å². The van der Waals surface area contributed by atoms with Crippen LogP contribution in [0.4, 0.5) is 0 Å². The van der Waals surface area contributed by atoms with Crippen LogP contribution in [0.25, 0.3) is 11.1 Å². The van der Waals surface area contributed by atoms with Crippen molar-refractivity contribution in [1.82, 2.24) is 0 Å². The molecule has 0 radical (unpaired) electrons. The highest BCUT2D eigenvalue weighted by molar-refractivity contribution is 7.08. The molecule has 39 heavy (non-hydrogen) atoms. The van der Waals surface area contributed by atoms with Gasteiger partial charge >= 0.3 is 0 Å².